The van der Waals surface area contributed by atoms with E-state index in [0.29, 0.717) is 19.3 Å². The van der Waals surface area contributed by atoms with Gasteiger partial charge in [-0.25, -0.2) is 0 Å². The smallest absolute Gasteiger partial charge is 0.306 e. The van der Waals surface area contributed by atoms with Gasteiger partial charge in [-0.05, 0) is 77.0 Å². The average molecular weight is 828 g/mol. The number of allylic oxidation sites excluding steroid dienone is 8. The number of carbonyl (C=O) groups excluding carboxylic acids is 2. The molecule has 0 saturated heterocycles. The van der Waals surface area contributed by atoms with Crippen LogP contribution in [0.4, 0.5) is 0 Å². The number of aliphatic hydroxyl groups is 2. The molecule has 0 aliphatic carbocycles. The Morgan fingerprint density at radius 1 is 0.492 bits per heavy atom. The molecule has 3 N–H and O–H groups in total. The minimum Gasteiger partial charge on any atom is -0.462 e. The molecule has 0 aliphatic heterocycles. The summed E-state index contributed by atoms with van der Waals surface area (Å²) in [4.78, 5) is 26.1. The zero-order valence-electron chi connectivity index (χ0n) is 39.1. The molecule has 0 aromatic carbocycles. The first-order valence-electron chi connectivity index (χ1n) is 25.4. The van der Waals surface area contributed by atoms with E-state index in [-0.39, 0.29) is 31.3 Å². The number of ether oxygens (including phenoxy) is 1. The van der Waals surface area contributed by atoms with E-state index in [4.69, 9.17) is 4.74 Å². The SMILES string of the molecule is CCCCC/C=C\C/C=C\CCCCCCCCCC(CC(=O)NC(CO)C(O)CCCCCCCCCCCC)OC(=O)CC/C=C/C/C=C\CCCCCCCC. The van der Waals surface area contributed by atoms with Crippen molar-refractivity contribution in [1.29, 1.82) is 0 Å². The van der Waals surface area contributed by atoms with E-state index >= 15 is 0 Å². The predicted octanol–water partition coefficient (Wildman–Crippen LogP) is 15.1. The van der Waals surface area contributed by atoms with E-state index in [0.717, 1.165) is 64.2 Å². The molecule has 0 aromatic heterocycles. The lowest BCUT2D eigenvalue weighted by atomic mass is 10.0. The van der Waals surface area contributed by atoms with Crippen LogP contribution in [0.15, 0.2) is 48.6 Å². The molecule has 3 atom stereocenters. The van der Waals surface area contributed by atoms with E-state index in [9.17, 15) is 19.8 Å². The van der Waals surface area contributed by atoms with Crippen LogP contribution in [-0.2, 0) is 14.3 Å². The summed E-state index contributed by atoms with van der Waals surface area (Å²) >= 11 is 0. The Balaban J connectivity index is 4.67. The van der Waals surface area contributed by atoms with Crippen molar-refractivity contribution in [3.8, 4) is 0 Å². The van der Waals surface area contributed by atoms with Gasteiger partial charge >= 0.3 is 5.97 Å². The summed E-state index contributed by atoms with van der Waals surface area (Å²) in [5, 5.41) is 23.7. The molecule has 0 radical (unpaired) electrons. The minimum absolute atomic E-state index is 0.0502. The lowest BCUT2D eigenvalue weighted by Gasteiger charge is -2.24. The maximum Gasteiger partial charge on any atom is 0.306 e. The van der Waals surface area contributed by atoms with E-state index in [1.54, 1.807) is 0 Å². The largest absolute Gasteiger partial charge is 0.462 e. The molecule has 0 saturated carbocycles. The van der Waals surface area contributed by atoms with Gasteiger partial charge in [0, 0.05) is 6.42 Å². The van der Waals surface area contributed by atoms with Crippen molar-refractivity contribution < 1.29 is 24.5 Å². The molecule has 0 fully saturated rings. The molecule has 6 nitrogen and oxygen atoms in total. The van der Waals surface area contributed by atoms with Crippen molar-refractivity contribution in [2.75, 3.05) is 6.61 Å². The van der Waals surface area contributed by atoms with Crippen LogP contribution in [0.25, 0.3) is 0 Å². The van der Waals surface area contributed by atoms with Crippen LogP contribution in [0.5, 0.6) is 0 Å². The first-order valence-corrected chi connectivity index (χ1v) is 25.4. The first-order chi connectivity index (χ1) is 29.0. The number of hydrogen-bond acceptors (Lipinski definition) is 5. The summed E-state index contributed by atoms with van der Waals surface area (Å²) in [6, 6.07) is -0.713. The van der Waals surface area contributed by atoms with Crippen LogP contribution in [0, 0.1) is 0 Å². The van der Waals surface area contributed by atoms with E-state index in [2.05, 4.69) is 68.6 Å². The molecule has 6 heteroatoms. The fraction of sp³-hybridized carbons (Fsp3) is 0.811. The number of rotatable bonds is 45. The molecule has 59 heavy (non-hydrogen) atoms. The monoisotopic (exact) mass is 828 g/mol. The number of amides is 1. The van der Waals surface area contributed by atoms with Crippen molar-refractivity contribution in [1.82, 2.24) is 5.32 Å². The second kappa shape index (κ2) is 46.9. The minimum atomic E-state index is -0.797. The highest BCUT2D eigenvalue weighted by Gasteiger charge is 2.24. The molecular formula is C53H97NO5. The van der Waals surface area contributed by atoms with E-state index < -0.39 is 18.2 Å². The standard InChI is InChI=1S/C53H97NO5/c1-4-7-10-13-16-19-22-24-25-26-27-29-30-32-35-38-41-44-49(59-53(58)46-43-40-37-34-31-28-23-20-17-14-11-8-5-2)47-52(57)54-50(48-55)51(56)45-42-39-36-33-21-18-15-12-9-6-3/h16,19,24-25,28,31,37,40,49-51,55-56H,4-15,17-18,20-23,26-27,29-30,32-36,38-39,41-48H2,1-3H3,(H,54,57)/b19-16-,25-24-,31-28-,40-37+. The lowest BCUT2D eigenvalue weighted by molar-refractivity contribution is -0.150. The molecule has 0 heterocycles. The fourth-order valence-corrected chi connectivity index (χ4v) is 7.51. The molecule has 0 rings (SSSR count). The normalized spacial score (nSPS) is 13.6. The Bertz CT molecular complexity index is 1020. The fourth-order valence-electron chi connectivity index (χ4n) is 7.51. The van der Waals surface area contributed by atoms with Gasteiger partial charge in [0.15, 0.2) is 0 Å². The number of aliphatic hydroxyl groups excluding tert-OH is 2. The first kappa shape index (κ1) is 56.8. The second-order valence-electron chi connectivity index (χ2n) is 17.2. The molecular weight excluding hydrogens is 731 g/mol. The third-order valence-corrected chi connectivity index (χ3v) is 11.4. The van der Waals surface area contributed by atoms with Gasteiger partial charge in [0.1, 0.15) is 6.10 Å². The van der Waals surface area contributed by atoms with E-state index in [1.165, 1.54) is 135 Å². The lowest BCUT2D eigenvalue weighted by Crippen LogP contribution is -2.46. The van der Waals surface area contributed by atoms with Gasteiger partial charge in [0.05, 0.1) is 25.2 Å². The zero-order chi connectivity index (χ0) is 43.1. The summed E-state index contributed by atoms with van der Waals surface area (Å²) in [5.74, 6) is -0.559. The summed E-state index contributed by atoms with van der Waals surface area (Å²) in [5.41, 5.74) is 0. The number of nitrogens with one attached hydrogen (secondary N) is 1. The number of carbonyl (C=O) groups is 2. The number of unbranched alkanes of at least 4 members (excludes halogenated alkanes) is 25. The summed E-state index contributed by atoms with van der Waals surface area (Å²) < 4.78 is 5.89. The Hall–Kier alpha value is -2.18. The summed E-state index contributed by atoms with van der Waals surface area (Å²) in [6.07, 6.45) is 56.1. The van der Waals surface area contributed by atoms with Crippen molar-refractivity contribution in [3.63, 3.8) is 0 Å². The molecule has 1 amide bonds. The maximum atomic E-state index is 13.2. The molecule has 0 bridgehead atoms. The quantitative estimate of drug-likeness (QED) is 0.0323. The summed E-state index contributed by atoms with van der Waals surface area (Å²) in [7, 11) is 0. The molecule has 344 valence electrons. The van der Waals surface area contributed by atoms with Gasteiger partial charge in [-0.2, -0.15) is 0 Å². The Morgan fingerprint density at radius 3 is 1.32 bits per heavy atom. The Labute approximate surface area is 366 Å². The highest BCUT2D eigenvalue weighted by atomic mass is 16.5. The predicted molar refractivity (Wildman–Crippen MR) is 255 cm³/mol. The number of hydrogen-bond donors (Lipinski definition) is 3. The van der Waals surface area contributed by atoms with E-state index in [1.807, 2.05) is 6.08 Å². The third kappa shape index (κ3) is 42.3. The van der Waals surface area contributed by atoms with Crippen molar-refractivity contribution in [3.05, 3.63) is 48.6 Å². The van der Waals surface area contributed by atoms with Crippen molar-refractivity contribution in [2.45, 2.75) is 270 Å². The van der Waals surface area contributed by atoms with Gasteiger partial charge in [-0.1, -0.05) is 211 Å². The molecule has 0 aromatic rings. The van der Waals surface area contributed by atoms with Gasteiger partial charge in [-0.3, -0.25) is 9.59 Å². The van der Waals surface area contributed by atoms with Gasteiger partial charge in [-0.15, -0.1) is 0 Å². The van der Waals surface area contributed by atoms with Crippen LogP contribution >= 0.6 is 0 Å². The van der Waals surface area contributed by atoms with Gasteiger partial charge < -0.3 is 20.3 Å². The van der Waals surface area contributed by atoms with Crippen LogP contribution < -0.4 is 5.32 Å². The number of esters is 1. The van der Waals surface area contributed by atoms with Crippen molar-refractivity contribution >= 4 is 11.9 Å². The third-order valence-electron chi connectivity index (χ3n) is 11.4. The van der Waals surface area contributed by atoms with Crippen LogP contribution in [0.2, 0.25) is 0 Å². The zero-order valence-corrected chi connectivity index (χ0v) is 39.1. The van der Waals surface area contributed by atoms with Crippen LogP contribution in [-0.4, -0.2) is 46.9 Å². The summed E-state index contributed by atoms with van der Waals surface area (Å²) in [6.45, 7) is 6.42. The molecule has 0 aliphatic rings. The average Bonchev–Trinajstić information content (AvgIpc) is 3.23. The van der Waals surface area contributed by atoms with Crippen LogP contribution in [0.1, 0.15) is 252 Å². The van der Waals surface area contributed by atoms with Crippen molar-refractivity contribution in [2.24, 2.45) is 0 Å². The Morgan fingerprint density at radius 2 is 0.864 bits per heavy atom. The highest BCUT2D eigenvalue weighted by Crippen LogP contribution is 2.17. The highest BCUT2D eigenvalue weighted by molar-refractivity contribution is 5.77. The second-order valence-corrected chi connectivity index (χ2v) is 17.2. The Kier molecular flexibility index (Phi) is 45.1. The molecule has 0 spiro atoms. The maximum absolute atomic E-state index is 13.2. The van der Waals surface area contributed by atoms with Crippen LogP contribution in [0.3, 0.4) is 0 Å². The molecule has 3 unspecified atom stereocenters. The topological polar surface area (TPSA) is 95.9 Å². The van der Waals surface area contributed by atoms with Gasteiger partial charge in [0.2, 0.25) is 5.91 Å². The van der Waals surface area contributed by atoms with Gasteiger partial charge in [0.25, 0.3) is 0 Å².